The van der Waals surface area contributed by atoms with Crippen molar-refractivity contribution in [3.05, 3.63) is 64.7 Å². The maximum atomic E-state index is 13.6. The van der Waals surface area contributed by atoms with E-state index in [0.29, 0.717) is 5.56 Å². The van der Waals surface area contributed by atoms with Crippen molar-refractivity contribution in [2.45, 2.75) is 94.5 Å². The number of benzene rings is 2. The summed E-state index contributed by atoms with van der Waals surface area (Å²) in [6.45, 7) is 11.3. The zero-order valence-electron chi connectivity index (χ0n) is 27.7. The van der Waals surface area contributed by atoms with Gasteiger partial charge in [-0.2, -0.15) is 25.3 Å². The lowest BCUT2D eigenvalue weighted by atomic mass is 9.86. The third kappa shape index (κ3) is 11.5. The van der Waals surface area contributed by atoms with Crippen LogP contribution in [0.2, 0.25) is 0 Å². The van der Waals surface area contributed by atoms with Gasteiger partial charge in [0.1, 0.15) is 23.9 Å². The predicted molar refractivity (Wildman–Crippen MR) is 187 cm³/mol. The number of aromatic hydroxyl groups is 1. The molecule has 0 radical (unpaired) electrons. The van der Waals surface area contributed by atoms with Gasteiger partial charge in [-0.1, -0.05) is 37.3 Å². The monoisotopic (exact) mass is 689 g/mol. The third-order valence-electron chi connectivity index (χ3n) is 7.74. The van der Waals surface area contributed by atoms with Gasteiger partial charge in [0, 0.05) is 15.4 Å². The molecule has 0 aliphatic rings. The summed E-state index contributed by atoms with van der Waals surface area (Å²) < 4.78 is -2.20. The Morgan fingerprint density at radius 2 is 1.32 bits per heavy atom. The van der Waals surface area contributed by atoms with Gasteiger partial charge >= 0.3 is 5.97 Å². The van der Waals surface area contributed by atoms with Crippen LogP contribution in [0.4, 0.5) is 0 Å². The number of carbonyl (C=O) groups excluding carboxylic acids is 4. The van der Waals surface area contributed by atoms with E-state index < -0.39 is 75.7 Å². The van der Waals surface area contributed by atoms with E-state index in [1.807, 2.05) is 32.0 Å². The van der Waals surface area contributed by atoms with E-state index in [2.05, 4.69) is 46.5 Å². The largest absolute Gasteiger partial charge is 0.508 e. The molecular weight excluding hydrogens is 643 g/mol. The first-order valence-corrected chi connectivity index (χ1v) is 16.0. The fourth-order valence-electron chi connectivity index (χ4n) is 5.19. The molecule has 12 nitrogen and oxygen atoms in total. The Bertz CT molecular complexity index is 1430. The Hall–Kier alpha value is -3.75. The Balaban J connectivity index is 2.22. The maximum Gasteiger partial charge on any atom is 0.327 e. The molecule has 0 aromatic heterocycles. The second kappa shape index (κ2) is 16.4. The second-order valence-corrected chi connectivity index (χ2v) is 15.2. The van der Waals surface area contributed by atoms with Crippen molar-refractivity contribution in [2.75, 3.05) is 6.54 Å². The van der Waals surface area contributed by atoms with Crippen molar-refractivity contribution in [2.24, 2.45) is 5.73 Å². The van der Waals surface area contributed by atoms with E-state index in [4.69, 9.17) is 5.73 Å². The molecule has 0 aliphatic carbocycles. The number of hydrogen-bond acceptors (Lipinski definition) is 9. The molecule has 0 fully saturated rings. The van der Waals surface area contributed by atoms with E-state index >= 15 is 0 Å². The van der Waals surface area contributed by atoms with Crippen LogP contribution >= 0.6 is 25.3 Å². The number of carboxylic acids is 1. The van der Waals surface area contributed by atoms with Gasteiger partial charge in [-0.15, -0.1) is 0 Å². The van der Waals surface area contributed by atoms with Crippen molar-refractivity contribution in [1.82, 2.24) is 21.3 Å². The van der Waals surface area contributed by atoms with Crippen LogP contribution in [0.1, 0.15) is 62.8 Å². The van der Waals surface area contributed by atoms with E-state index in [9.17, 15) is 34.2 Å². The number of carbonyl (C=O) groups is 5. The molecule has 0 saturated heterocycles. The van der Waals surface area contributed by atoms with Crippen molar-refractivity contribution < 1.29 is 34.2 Å². The number of aryl methyl sites for hydroxylation is 2. The van der Waals surface area contributed by atoms with Gasteiger partial charge in [0.25, 0.3) is 0 Å². The molecule has 5 atom stereocenters. The molecule has 14 heteroatoms. The number of nitrogens with two attached hydrogens (primary N) is 1. The zero-order chi connectivity index (χ0) is 35.9. The topological polar surface area (TPSA) is 200 Å². The van der Waals surface area contributed by atoms with Crippen LogP contribution in [0.25, 0.3) is 0 Å². The summed E-state index contributed by atoms with van der Waals surface area (Å²) in [6, 6.07) is 7.02. The van der Waals surface area contributed by atoms with Crippen LogP contribution in [0.3, 0.4) is 0 Å². The van der Waals surface area contributed by atoms with E-state index in [-0.39, 0.29) is 12.2 Å². The van der Waals surface area contributed by atoms with Crippen LogP contribution in [-0.2, 0) is 30.4 Å². The molecule has 2 aromatic carbocycles. The number of nitrogens with one attached hydrogen (secondary N) is 4. The summed E-state index contributed by atoms with van der Waals surface area (Å²) in [5.41, 5.74) is 9.34. The zero-order valence-corrected chi connectivity index (χ0v) is 29.5. The Kier molecular flexibility index (Phi) is 13.7. The quantitative estimate of drug-likeness (QED) is 0.126. The minimum absolute atomic E-state index is 0.0714. The standard InChI is InChI=1S/C33H47N5O7S2/c1-17-9-8-10-18(2)24(17)19(3)25(29(42)38-27(31(44)45)33(6,7)47)36-23(40)16-35-30(43)26(32(4,5)46)37-28(41)22(34)15-20-11-13-21(39)14-12-20/h8-14,19,22,25-27,39,46-47H,15-16,34H2,1-7H3,(H,35,43)(H,36,40)(H,37,41)(H,38,42)(H,44,45)/t19?,22-,25-,26-,27-/m0/s1. The van der Waals surface area contributed by atoms with Crippen LogP contribution < -0.4 is 27.0 Å². The highest BCUT2D eigenvalue weighted by Gasteiger charge is 2.39. The smallest absolute Gasteiger partial charge is 0.327 e. The summed E-state index contributed by atoms with van der Waals surface area (Å²) in [5.74, 6) is -4.60. The van der Waals surface area contributed by atoms with Crippen LogP contribution in [-0.4, -0.2) is 80.0 Å². The number of aliphatic carboxylic acids is 1. The van der Waals surface area contributed by atoms with E-state index in [0.717, 1.165) is 16.7 Å². The molecule has 0 aliphatic heterocycles. The fourth-order valence-corrected chi connectivity index (χ4v) is 5.54. The van der Waals surface area contributed by atoms with Crippen LogP contribution in [0.15, 0.2) is 42.5 Å². The Labute approximate surface area is 286 Å². The predicted octanol–water partition coefficient (Wildman–Crippen LogP) is 1.75. The molecule has 2 aromatic rings. The molecule has 47 heavy (non-hydrogen) atoms. The Morgan fingerprint density at radius 3 is 1.81 bits per heavy atom. The summed E-state index contributed by atoms with van der Waals surface area (Å²) in [7, 11) is 0. The normalized spacial score (nSPS) is 14.9. The van der Waals surface area contributed by atoms with Gasteiger partial charge in [-0.05, 0) is 82.3 Å². The molecule has 2 rings (SSSR count). The molecule has 0 spiro atoms. The summed E-state index contributed by atoms with van der Waals surface area (Å²) in [6.07, 6.45) is 0.144. The number of hydrogen-bond donors (Lipinski definition) is 9. The SMILES string of the molecule is Cc1cccc(C)c1C(C)[C@H](NC(=O)CNC(=O)[C@H](NC(=O)[C@@H](N)Cc1ccc(O)cc1)C(C)(C)S)C(=O)N[C@@H](C(=O)O)C(C)(C)S. The van der Waals surface area contributed by atoms with E-state index in [1.54, 1.807) is 46.8 Å². The lowest BCUT2D eigenvalue weighted by molar-refractivity contribution is -0.143. The highest BCUT2D eigenvalue weighted by Crippen LogP contribution is 2.27. The average Bonchev–Trinajstić information content (AvgIpc) is 2.95. The van der Waals surface area contributed by atoms with Crippen LogP contribution in [0, 0.1) is 13.8 Å². The number of phenols is 1. The number of thiol groups is 2. The van der Waals surface area contributed by atoms with Gasteiger partial charge in [0.2, 0.25) is 23.6 Å². The Morgan fingerprint density at radius 1 is 0.809 bits per heavy atom. The van der Waals surface area contributed by atoms with Gasteiger partial charge in [0.05, 0.1) is 12.6 Å². The van der Waals surface area contributed by atoms with Gasteiger partial charge in [-0.3, -0.25) is 19.2 Å². The number of amides is 4. The number of rotatable bonds is 15. The molecule has 4 amide bonds. The first kappa shape index (κ1) is 39.4. The lowest BCUT2D eigenvalue weighted by Crippen LogP contribution is -2.60. The first-order valence-electron chi connectivity index (χ1n) is 15.1. The first-order chi connectivity index (χ1) is 21.6. The maximum absolute atomic E-state index is 13.6. The molecule has 8 N–H and O–H groups in total. The molecule has 1 unspecified atom stereocenters. The molecule has 0 bridgehead atoms. The van der Waals surface area contributed by atoms with Crippen molar-refractivity contribution >= 4 is 54.9 Å². The number of phenolic OH excluding ortho intramolecular Hbond substituents is 1. The van der Waals surface area contributed by atoms with Gasteiger partial charge < -0.3 is 37.2 Å². The minimum atomic E-state index is -1.37. The molecule has 0 saturated carbocycles. The summed E-state index contributed by atoms with van der Waals surface area (Å²) >= 11 is 8.81. The molecular formula is C33H47N5O7S2. The lowest BCUT2D eigenvalue weighted by Gasteiger charge is -2.32. The second-order valence-electron chi connectivity index (χ2n) is 12.9. The minimum Gasteiger partial charge on any atom is -0.508 e. The summed E-state index contributed by atoms with van der Waals surface area (Å²) in [5, 5.41) is 29.5. The fraction of sp³-hybridized carbons (Fsp3) is 0.485. The van der Waals surface area contributed by atoms with Crippen molar-refractivity contribution in [1.29, 1.82) is 0 Å². The van der Waals surface area contributed by atoms with Crippen molar-refractivity contribution in [3.8, 4) is 5.75 Å². The third-order valence-corrected chi connectivity index (χ3v) is 8.26. The van der Waals surface area contributed by atoms with Gasteiger partial charge in [-0.25, -0.2) is 4.79 Å². The molecule has 258 valence electrons. The summed E-state index contributed by atoms with van der Waals surface area (Å²) in [4.78, 5) is 65.0. The highest BCUT2D eigenvalue weighted by atomic mass is 32.1. The van der Waals surface area contributed by atoms with Crippen molar-refractivity contribution in [3.63, 3.8) is 0 Å². The van der Waals surface area contributed by atoms with Crippen LogP contribution in [0.5, 0.6) is 5.75 Å². The molecule has 0 heterocycles. The van der Waals surface area contributed by atoms with Gasteiger partial charge in [0.15, 0.2) is 0 Å². The van der Waals surface area contributed by atoms with E-state index in [1.165, 1.54) is 12.1 Å². The average molecular weight is 690 g/mol. The highest BCUT2D eigenvalue weighted by molar-refractivity contribution is 7.82. The number of carboxylic acid groups (broad SMARTS) is 1.